The van der Waals surface area contributed by atoms with E-state index in [0.29, 0.717) is 19.3 Å². The molecule has 0 N–H and O–H groups in total. The van der Waals surface area contributed by atoms with Gasteiger partial charge in [-0.2, -0.15) is 0 Å². The Balaban J connectivity index is 4.29. The van der Waals surface area contributed by atoms with E-state index in [-0.39, 0.29) is 31.1 Å². The molecule has 0 rings (SSSR count). The van der Waals surface area contributed by atoms with Crippen LogP contribution in [0, 0.1) is 0 Å². The lowest BCUT2D eigenvalue weighted by Crippen LogP contribution is -2.30. The molecule has 0 aromatic carbocycles. The summed E-state index contributed by atoms with van der Waals surface area (Å²) in [5.74, 6) is -0.911. The van der Waals surface area contributed by atoms with Crippen LogP contribution in [-0.2, 0) is 28.6 Å². The standard InChI is InChI=1S/C72H120O6/c1-4-7-10-13-16-19-22-24-26-28-30-32-33-34-35-36-37-38-39-41-42-44-46-48-50-53-56-59-62-65-71(74)77-68-69(67-76-70(73)64-61-58-55-52-21-18-15-12-9-6-3)78-72(75)66-63-60-57-54-51-49-47-45-43-40-31-29-27-25-23-20-17-14-11-8-5-2/h7,10,12,15-16,19,23-26,29-32,34-35,37-38,41-42,69H,4-6,8-9,11,13-14,17-18,20-22,27-28,33,36,39-40,43-68H2,1-3H3/b10-7-,15-12-,19-16-,25-23-,26-24-,31-29-,32-30-,35-34-,38-37-,42-41-. The third kappa shape index (κ3) is 62.7. The third-order valence-corrected chi connectivity index (χ3v) is 13.7. The van der Waals surface area contributed by atoms with Gasteiger partial charge in [0.1, 0.15) is 13.2 Å². The highest BCUT2D eigenvalue weighted by Crippen LogP contribution is 2.15. The van der Waals surface area contributed by atoms with Crippen molar-refractivity contribution in [1.29, 1.82) is 0 Å². The Bertz CT molecular complexity index is 1620. The third-order valence-electron chi connectivity index (χ3n) is 13.7. The van der Waals surface area contributed by atoms with Crippen LogP contribution in [0.4, 0.5) is 0 Å². The fourth-order valence-corrected chi connectivity index (χ4v) is 8.81. The van der Waals surface area contributed by atoms with E-state index < -0.39 is 6.10 Å². The zero-order valence-electron chi connectivity index (χ0n) is 50.9. The van der Waals surface area contributed by atoms with Crippen molar-refractivity contribution >= 4 is 17.9 Å². The fourth-order valence-electron chi connectivity index (χ4n) is 8.81. The number of unbranched alkanes of at least 4 members (excludes halogenated alkanes) is 27. The van der Waals surface area contributed by atoms with Gasteiger partial charge in [0.25, 0.3) is 0 Å². The van der Waals surface area contributed by atoms with Crippen molar-refractivity contribution in [3.8, 4) is 0 Å². The summed E-state index contributed by atoms with van der Waals surface area (Å²) in [5, 5.41) is 0. The number of hydrogen-bond acceptors (Lipinski definition) is 6. The van der Waals surface area contributed by atoms with Crippen LogP contribution in [0.3, 0.4) is 0 Å². The van der Waals surface area contributed by atoms with Gasteiger partial charge in [-0.05, 0) is 128 Å². The van der Waals surface area contributed by atoms with E-state index in [9.17, 15) is 14.4 Å². The van der Waals surface area contributed by atoms with Crippen LogP contribution < -0.4 is 0 Å². The van der Waals surface area contributed by atoms with Crippen LogP contribution in [0.1, 0.15) is 297 Å². The second kappa shape index (κ2) is 65.3. The molecular weight excluding hydrogens is 961 g/mol. The molecule has 0 heterocycles. The molecule has 0 fully saturated rings. The average Bonchev–Trinajstić information content (AvgIpc) is 3.44. The topological polar surface area (TPSA) is 78.9 Å². The highest BCUT2D eigenvalue weighted by Gasteiger charge is 2.19. The summed E-state index contributed by atoms with van der Waals surface area (Å²) >= 11 is 0. The Hall–Kier alpha value is -4.19. The summed E-state index contributed by atoms with van der Waals surface area (Å²) in [6.07, 6.45) is 90.7. The van der Waals surface area contributed by atoms with E-state index in [1.165, 1.54) is 122 Å². The second-order valence-corrected chi connectivity index (χ2v) is 21.3. The Morgan fingerprint density at radius 2 is 0.526 bits per heavy atom. The van der Waals surface area contributed by atoms with Crippen molar-refractivity contribution in [1.82, 2.24) is 0 Å². The number of esters is 3. The average molecular weight is 1080 g/mol. The molecule has 6 nitrogen and oxygen atoms in total. The molecule has 0 aromatic rings. The maximum Gasteiger partial charge on any atom is 0.306 e. The van der Waals surface area contributed by atoms with E-state index in [0.717, 1.165) is 135 Å². The SMILES string of the molecule is CC/C=C\C/C=C\C/C=C\C/C=C\C/C=C\C/C=C\C/C=C\CCCCCCCCCC(=O)OCC(COC(=O)CCCCCCC/C=C\CCC)OC(=O)CCCCCCCCCCC/C=C\C/C=C\CCCCCCC. The van der Waals surface area contributed by atoms with E-state index in [4.69, 9.17) is 14.2 Å². The van der Waals surface area contributed by atoms with Gasteiger partial charge in [0.2, 0.25) is 0 Å². The number of rotatable bonds is 58. The van der Waals surface area contributed by atoms with E-state index in [2.05, 4.69) is 142 Å². The molecule has 0 saturated carbocycles. The van der Waals surface area contributed by atoms with Crippen LogP contribution in [0.25, 0.3) is 0 Å². The first-order chi connectivity index (χ1) is 38.5. The number of hydrogen-bond donors (Lipinski definition) is 0. The lowest BCUT2D eigenvalue weighted by Gasteiger charge is -2.18. The molecule has 0 saturated heterocycles. The summed E-state index contributed by atoms with van der Waals surface area (Å²) in [4.78, 5) is 38.2. The molecule has 0 aromatic heterocycles. The first-order valence-corrected chi connectivity index (χ1v) is 32.5. The molecule has 0 aliphatic heterocycles. The van der Waals surface area contributed by atoms with Crippen molar-refractivity contribution in [2.24, 2.45) is 0 Å². The first-order valence-electron chi connectivity index (χ1n) is 32.5. The molecular formula is C72H120O6. The van der Waals surface area contributed by atoms with Gasteiger partial charge in [-0.1, -0.05) is 271 Å². The first kappa shape index (κ1) is 73.8. The fraction of sp³-hybridized carbons (Fsp3) is 0.681. The van der Waals surface area contributed by atoms with Crippen molar-refractivity contribution in [3.63, 3.8) is 0 Å². The Labute approximate surface area is 482 Å². The predicted octanol–water partition coefficient (Wildman–Crippen LogP) is 22.4. The van der Waals surface area contributed by atoms with Gasteiger partial charge in [-0.15, -0.1) is 0 Å². The number of allylic oxidation sites excluding steroid dienone is 20. The molecule has 0 amide bonds. The van der Waals surface area contributed by atoms with Crippen molar-refractivity contribution in [2.75, 3.05) is 13.2 Å². The monoisotopic (exact) mass is 1080 g/mol. The lowest BCUT2D eigenvalue weighted by atomic mass is 10.1. The molecule has 78 heavy (non-hydrogen) atoms. The van der Waals surface area contributed by atoms with Crippen molar-refractivity contribution in [2.45, 2.75) is 303 Å². The number of ether oxygens (including phenoxy) is 3. The highest BCUT2D eigenvalue weighted by molar-refractivity contribution is 5.71. The predicted molar refractivity (Wildman–Crippen MR) is 339 cm³/mol. The molecule has 1 unspecified atom stereocenters. The van der Waals surface area contributed by atoms with Gasteiger partial charge in [-0.25, -0.2) is 0 Å². The second-order valence-electron chi connectivity index (χ2n) is 21.3. The smallest absolute Gasteiger partial charge is 0.306 e. The largest absolute Gasteiger partial charge is 0.462 e. The van der Waals surface area contributed by atoms with E-state index >= 15 is 0 Å². The maximum absolute atomic E-state index is 12.9. The molecule has 0 spiro atoms. The van der Waals surface area contributed by atoms with E-state index in [1.54, 1.807) is 0 Å². The molecule has 444 valence electrons. The summed E-state index contributed by atoms with van der Waals surface area (Å²) in [6, 6.07) is 0. The Kier molecular flexibility index (Phi) is 61.8. The minimum absolute atomic E-state index is 0.0891. The molecule has 0 aliphatic rings. The molecule has 6 heteroatoms. The normalized spacial score (nSPS) is 12.9. The van der Waals surface area contributed by atoms with Crippen LogP contribution >= 0.6 is 0 Å². The Morgan fingerprint density at radius 3 is 0.846 bits per heavy atom. The van der Waals surface area contributed by atoms with Gasteiger partial charge in [0.05, 0.1) is 0 Å². The van der Waals surface area contributed by atoms with Crippen LogP contribution in [0.2, 0.25) is 0 Å². The van der Waals surface area contributed by atoms with Gasteiger partial charge in [0, 0.05) is 19.3 Å². The summed E-state index contributed by atoms with van der Waals surface area (Å²) in [6.45, 7) is 6.45. The molecule has 0 radical (unpaired) electrons. The van der Waals surface area contributed by atoms with Gasteiger partial charge < -0.3 is 14.2 Å². The minimum atomic E-state index is -0.792. The molecule has 0 aliphatic carbocycles. The van der Waals surface area contributed by atoms with Crippen LogP contribution in [0.15, 0.2) is 122 Å². The van der Waals surface area contributed by atoms with Gasteiger partial charge >= 0.3 is 17.9 Å². The summed E-state index contributed by atoms with van der Waals surface area (Å²) < 4.78 is 16.9. The zero-order valence-corrected chi connectivity index (χ0v) is 50.9. The Morgan fingerprint density at radius 1 is 0.269 bits per heavy atom. The number of carbonyl (C=O) groups excluding carboxylic acids is 3. The van der Waals surface area contributed by atoms with Crippen molar-refractivity contribution < 1.29 is 28.6 Å². The zero-order chi connectivity index (χ0) is 56.4. The molecule has 0 bridgehead atoms. The summed E-state index contributed by atoms with van der Waals surface area (Å²) in [5.41, 5.74) is 0. The van der Waals surface area contributed by atoms with Crippen molar-refractivity contribution in [3.05, 3.63) is 122 Å². The van der Waals surface area contributed by atoms with E-state index in [1.807, 2.05) is 0 Å². The molecule has 1 atom stereocenters. The quantitative estimate of drug-likeness (QED) is 0.0261. The van der Waals surface area contributed by atoms with Crippen LogP contribution in [0.5, 0.6) is 0 Å². The lowest BCUT2D eigenvalue weighted by molar-refractivity contribution is -0.167. The summed E-state index contributed by atoms with van der Waals surface area (Å²) in [7, 11) is 0. The van der Waals surface area contributed by atoms with Gasteiger partial charge in [0.15, 0.2) is 6.10 Å². The number of carbonyl (C=O) groups is 3. The minimum Gasteiger partial charge on any atom is -0.462 e. The van der Waals surface area contributed by atoms with Crippen LogP contribution in [-0.4, -0.2) is 37.2 Å². The maximum atomic E-state index is 12.9. The van der Waals surface area contributed by atoms with Gasteiger partial charge in [-0.3, -0.25) is 14.4 Å². The highest BCUT2D eigenvalue weighted by atomic mass is 16.6.